The third-order valence-corrected chi connectivity index (χ3v) is 4.55. The molecule has 1 aromatic heterocycles. The number of aryl methyl sites for hydroxylation is 2. The monoisotopic (exact) mass is 341 g/mol. The molecule has 1 saturated heterocycles. The first-order chi connectivity index (χ1) is 12.2. The smallest absolute Gasteiger partial charge is 0.317 e. The lowest BCUT2D eigenvalue weighted by Crippen LogP contribution is -2.51. The zero-order chi connectivity index (χ0) is 17.5. The van der Waals surface area contributed by atoms with E-state index in [4.69, 9.17) is 0 Å². The Kier molecular flexibility index (Phi) is 6.06. The van der Waals surface area contributed by atoms with Crippen molar-refractivity contribution < 1.29 is 4.79 Å². The van der Waals surface area contributed by atoms with Crippen molar-refractivity contribution >= 4 is 6.03 Å². The van der Waals surface area contributed by atoms with Gasteiger partial charge in [0.1, 0.15) is 0 Å². The Bertz CT molecular complexity index is 662. The maximum atomic E-state index is 12.2. The molecule has 1 aromatic carbocycles. The molecule has 0 unspecified atom stereocenters. The number of hydrogen-bond donors (Lipinski definition) is 1. The highest BCUT2D eigenvalue weighted by atomic mass is 16.2. The molecular weight excluding hydrogens is 314 g/mol. The van der Waals surface area contributed by atoms with Gasteiger partial charge in [-0.05, 0) is 25.0 Å². The first-order valence-electron chi connectivity index (χ1n) is 8.99. The molecule has 2 amide bonds. The number of carbonyl (C=O) groups is 1. The van der Waals surface area contributed by atoms with Crippen molar-refractivity contribution in [2.75, 3.05) is 32.7 Å². The molecule has 0 spiro atoms. The van der Waals surface area contributed by atoms with E-state index in [9.17, 15) is 4.79 Å². The topological polar surface area (TPSA) is 53.4 Å². The van der Waals surface area contributed by atoms with Crippen LogP contribution < -0.4 is 5.32 Å². The summed E-state index contributed by atoms with van der Waals surface area (Å²) in [4.78, 5) is 16.6. The van der Waals surface area contributed by atoms with E-state index >= 15 is 0 Å². The quantitative estimate of drug-likeness (QED) is 0.819. The van der Waals surface area contributed by atoms with Crippen LogP contribution in [-0.2, 0) is 13.1 Å². The number of benzene rings is 1. The standard InChI is InChI=1S/C19H27N5O/c1-17-5-2-6-18(15-17)16-22-11-13-23(14-12-22)19(25)20-7-3-9-24-10-4-8-21-24/h2,4-6,8,10,15H,3,7,9,11-14,16H2,1H3,(H,20,25). The fourth-order valence-electron chi connectivity index (χ4n) is 3.16. The molecule has 2 heterocycles. The summed E-state index contributed by atoms with van der Waals surface area (Å²) in [6.45, 7) is 8.02. The van der Waals surface area contributed by atoms with Crippen LogP contribution in [-0.4, -0.2) is 58.3 Å². The minimum absolute atomic E-state index is 0.0515. The van der Waals surface area contributed by atoms with Crippen LogP contribution in [0, 0.1) is 6.92 Å². The molecule has 0 radical (unpaired) electrons. The number of nitrogens with one attached hydrogen (secondary N) is 1. The van der Waals surface area contributed by atoms with Gasteiger partial charge in [0.25, 0.3) is 0 Å². The number of nitrogens with zero attached hydrogens (tertiary/aromatic N) is 4. The van der Waals surface area contributed by atoms with Gasteiger partial charge < -0.3 is 10.2 Å². The second-order valence-corrected chi connectivity index (χ2v) is 6.61. The average molecular weight is 341 g/mol. The van der Waals surface area contributed by atoms with Crippen molar-refractivity contribution in [3.63, 3.8) is 0 Å². The lowest BCUT2D eigenvalue weighted by molar-refractivity contribution is 0.135. The molecule has 1 aliphatic heterocycles. The molecule has 0 bridgehead atoms. The molecule has 2 aromatic rings. The van der Waals surface area contributed by atoms with E-state index in [1.807, 2.05) is 21.8 Å². The second kappa shape index (κ2) is 8.67. The maximum Gasteiger partial charge on any atom is 0.317 e. The molecule has 0 saturated carbocycles. The van der Waals surface area contributed by atoms with E-state index in [0.717, 1.165) is 45.7 Å². The Morgan fingerprint density at radius 1 is 1.20 bits per heavy atom. The maximum absolute atomic E-state index is 12.2. The Morgan fingerprint density at radius 3 is 2.76 bits per heavy atom. The molecule has 0 aliphatic carbocycles. The number of hydrogen-bond acceptors (Lipinski definition) is 3. The summed E-state index contributed by atoms with van der Waals surface area (Å²) < 4.78 is 1.89. The first-order valence-corrected chi connectivity index (χ1v) is 8.99. The van der Waals surface area contributed by atoms with E-state index in [1.165, 1.54) is 11.1 Å². The van der Waals surface area contributed by atoms with Gasteiger partial charge in [0.15, 0.2) is 0 Å². The lowest BCUT2D eigenvalue weighted by atomic mass is 10.1. The van der Waals surface area contributed by atoms with Crippen LogP contribution in [0.3, 0.4) is 0 Å². The molecule has 3 rings (SSSR count). The first kappa shape index (κ1) is 17.5. The summed E-state index contributed by atoms with van der Waals surface area (Å²) in [6, 6.07) is 10.6. The predicted molar refractivity (Wildman–Crippen MR) is 98.3 cm³/mol. The summed E-state index contributed by atoms with van der Waals surface area (Å²) in [5.41, 5.74) is 2.64. The number of aromatic nitrogens is 2. The Morgan fingerprint density at radius 2 is 2.04 bits per heavy atom. The normalized spacial score (nSPS) is 15.3. The Hall–Kier alpha value is -2.34. The second-order valence-electron chi connectivity index (χ2n) is 6.61. The van der Waals surface area contributed by atoms with Gasteiger partial charge in [-0.15, -0.1) is 0 Å². The molecule has 1 fully saturated rings. The SMILES string of the molecule is Cc1cccc(CN2CCN(C(=O)NCCCn3cccn3)CC2)c1. The van der Waals surface area contributed by atoms with Crippen molar-refractivity contribution in [1.82, 2.24) is 24.9 Å². The van der Waals surface area contributed by atoms with Gasteiger partial charge in [0.2, 0.25) is 0 Å². The van der Waals surface area contributed by atoms with Gasteiger partial charge in [-0.3, -0.25) is 9.58 Å². The van der Waals surface area contributed by atoms with Gasteiger partial charge in [-0.1, -0.05) is 29.8 Å². The molecular formula is C19H27N5O. The molecule has 25 heavy (non-hydrogen) atoms. The zero-order valence-corrected chi connectivity index (χ0v) is 14.9. The minimum Gasteiger partial charge on any atom is -0.338 e. The van der Waals surface area contributed by atoms with Crippen LogP contribution in [0.2, 0.25) is 0 Å². The Balaban J connectivity index is 1.34. The third kappa shape index (κ3) is 5.32. The summed E-state index contributed by atoms with van der Waals surface area (Å²) in [5, 5.41) is 7.17. The summed E-state index contributed by atoms with van der Waals surface area (Å²) in [5.74, 6) is 0. The van der Waals surface area contributed by atoms with Crippen LogP contribution in [0.1, 0.15) is 17.5 Å². The van der Waals surface area contributed by atoms with Gasteiger partial charge in [-0.25, -0.2) is 4.79 Å². The van der Waals surface area contributed by atoms with Crippen molar-refractivity contribution in [3.8, 4) is 0 Å². The van der Waals surface area contributed by atoms with Crippen LogP contribution in [0.15, 0.2) is 42.7 Å². The van der Waals surface area contributed by atoms with Crippen molar-refractivity contribution in [2.45, 2.75) is 26.4 Å². The van der Waals surface area contributed by atoms with Crippen LogP contribution in [0.5, 0.6) is 0 Å². The number of amides is 2. The fourth-order valence-corrected chi connectivity index (χ4v) is 3.16. The van der Waals surface area contributed by atoms with Crippen molar-refractivity contribution in [2.24, 2.45) is 0 Å². The highest BCUT2D eigenvalue weighted by Gasteiger charge is 2.20. The van der Waals surface area contributed by atoms with E-state index in [-0.39, 0.29) is 6.03 Å². The molecule has 0 atom stereocenters. The van der Waals surface area contributed by atoms with E-state index in [1.54, 1.807) is 6.20 Å². The number of rotatable bonds is 6. The van der Waals surface area contributed by atoms with E-state index < -0.39 is 0 Å². The predicted octanol–water partition coefficient (Wildman–Crippen LogP) is 2.11. The van der Waals surface area contributed by atoms with Gasteiger partial charge >= 0.3 is 6.03 Å². The molecule has 6 heteroatoms. The van der Waals surface area contributed by atoms with Gasteiger partial charge in [0, 0.05) is 58.2 Å². The summed E-state index contributed by atoms with van der Waals surface area (Å²) in [6.07, 6.45) is 4.60. The lowest BCUT2D eigenvalue weighted by Gasteiger charge is -2.34. The van der Waals surface area contributed by atoms with Crippen LogP contribution in [0.25, 0.3) is 0 Å². The van der Waals surface area contributed by atoms with E-state index in [2.05, 4.69) is 46.5 Å². The van der Waals surface area contributed by atoms with Crippen LogP contribution >= 0.6 is 0 Å². The Labute approximate surface area is 149 Å². The highest BCUT2D eigenvalue weighted by Crippen LogP contribution is 2.10. The van der Waals surface area contributed by atoms with Crippen LogP contribution in [0.4, 0.5) is 4.79 Å². The zero-order valence-electron chi connectivity index (χ0n) is 14.9. The summed E-state index contributed by atoms with van der Waals surface area (Å²) in [7, 11) is 0. The van der Waals surface area contributed by atoms with Crippen molar-refractivity contribution in [3.05, 3.63) is 53.9 Å². The largest absolute Gasteiger partial charge is 0.338 e. The van der Waals surface area contributed by atoms with Gasteiger partial charge in [0.05, 0.1) is 0 Å². The summed E-state index contributed by atoms with van der Waals surface area (Å²) >= 11 is 0. The fraction of sp³-hybridized carbons (Fsp3) is 0.474. The van der Waals surface area contributed by atoms with Crippen molar-refractivity contribution in [1.29, 1.82) is 0 Å². The molecule has 134 valence electrons. The number of urea groups is 1. The molecule has 1 N–H and O–H groups in total. The molecule has 1 aliphatic rings. The number of piperazine rings is 1. The minimum atomic E-state index is 0.0515. The van der Waals surface area contributed by atoms with Gasteiger partial charge in [-0.2, -0.15) is 5.10 Å². The third-order valence-electron chi connectivity index (χ3n) is 4.55. The number of carbonyl (C=O) groups excluding carboxylic acids is 1. The highest BCUT2D eigenvalue weighted by molar-refractivity contribution is 5.74. The molecule has 6 nitrogen and oxygen atoms in total. The average Bonchev–Trinajstić information content (AvgIpc) is 3.13. The van der Waals surface area contributed by atoms with E-state index in [0.29, 0.717) is 6.54 Å².